The molecule has 0 aliphatic heterocycles. The van der Waals surface area contributed by atoms with E-state index in [-0.39, 0.29) is 5.91 Å². The van der Waals surface area contributed by atoms with Gasteiger partial charge in [0.1, 0.15) is 5.82 Å². The first-order valence-corrected chi connectivity index (χ1v) is 6.03. The predicted molar refractivity (Wildman–Crippen MR) is 75.0 cm³/mol. The van der Waals surface area contributed by atoms with Gasteiger partial charge in [0, 0.05) is 26.1 Å². The molecule has 1 amide bonds. The van der Waals surface area contributed by atoms with E-state index in [2.05, 4.69) is 4.98 Å². The van der Waals surface area contributed by atoms with Crippen LogP contribution in [0, 0.1) is 0 Å². The highest BCUT2D eigenvalue weighted by molar-refractivity contribution is 6.06. The van der Waals surface area contributed by atoms with E-state index < -0.39 is 0 Å². The number of ether oxygens (including phenoxy) is 1. The molecule has 0 aliphatic carbocycles. The molecule has 0 spiro atoms. The van der Waals surface area contributed by atoms with Crippen molar-refractivity contribution in [2.75, 3.05) is 33.0 Å². The molecule has 0 aliphatic rings. The molecule has 0 saturated carbocycles. The summed E-state index contributed by atoms with van der Waals surface area (Å²) in [7, 11) is 3.35. The fraction of sp³-hybridized carbons (Fsp3) is 0.286. The van der Waals surface area contributed by atoms with Gasteiger partial charge in [0.15, 0.2) is 0 Å². The number of benzene rings is 1. The second kappa shape index (κ2) is 5.67. The van der Waals surface area contributed by atoms with Crippen LogP contribution in [0.4, 0.5) is 5.82 Å². The molecular formula is C14H17N3O2. The molecule has 1 heterocycles. The average Bonchev–Trinajstić information content (AvgIpc) is 2.42. The van der Waals surface area contributed by atoms with E-state index in [0.29, 0.717) is 24.5 Å². The van der Waals surface area contributed by atoms with Crippen LogP contribution in [0.1, 0.15) is 10.4 Å². The number of para-hydroxylation sites is 1. The monoisotopic (exact) mass is 259 g/mol. The lowest BCUT2D eigenvalue weighted by atomic mass is 10.1. The summed E-state index contributed by atoms with van der Waals surface area (Å²) < 4.78 is 4.98. The first-order valence-electron chi connectivity index (χ1n) is 6.03. The Balaban J connectivity index is 2.41. The largest absolute Gasteiger partial charge is 0.384 e. The highest BCUT2D eigenvalue weighted by Crippen LogP contribution is 2.20. The maximum absolute atomic E-state index is 12.4. The highest BCUT2D eigenvalue weighted by atomic mass is 16.5. The Bertz CT molecular complexity index is 598. The van der Waals surface area contributed by atoms with E-state index >= 15 is 0 Å². The van der Waals surface area contributed by atoms with E-state index in [1.807, 2.05) is 24.3 Å². The number of nitrogens with two attached hydrogens (primary N) is 1. The Morgan fingerprint density at radius 1 is 1.42 bits per heavy atom. The molecule has 2 rings (SSSR count). The fourth-order valence-electron chi connectivity index (χ4n) is 1.91. The SMILES string of the molecule is COCCN(C)C(=O)c1cc(N)nc2ccccc12. The normalized spacial score (nSPS) is 10.6. The molecule has 0 saturated heterocycles. The summed E-state index contributed by atoms with van der Waals surface area (Å²) in [4.78, 5) is 18.2. The van der Waals surface area contributed by atoms with Gasteiger partial charge >= 0.3 is 0 Å². The molecule has 19 heavy (non-hydrogen) atoms. The molecule has 0 bridgehead atoms. The summed E-state index contributed by atoms with van der Waals surface area (Å²) in [6.07, 6.45) is 0. The minimum Gasteiger partial charge on any atom is -0.384 e. The van der Waals surface area contributed by atoms with Crippen LogP contribution in [0.3, 0.4) is 0 Å². The van der Waals surface area contributed by atoms with Crippen molar-refractivity contribution in [3.05, 3.63) is 35.9 Å². The number of hydrogen-bond acceptors (Lipinski definition) is 4. The van der Waals surface area contributed by atoms with Crippen LogP contribution in [0.25, 0.3) is 10.9 Å². The van der Waals surface area contributed by atoms with Crippen LogP contribution in [0.5, 0.6) is 0 Å². The molecule has 2 aromatic rings. The first-order chi connectivity index (χ1) is 9.13. The van der Waals surface area contributed by atoms with Gasteiger partial charge in [-0.05, 0) is 12.1 Å². The standard InChI is InChI=1S/C14H17N3O2/c1-17(7-8-19-2)14(18)11-9-13(15)16-12-6-4-3-5-10(11)12/h3-6,9H,7-8H2,1-2H3,(H2,15,16). The Labute approximate surface area is 112 Å². The number of carbonyl (C=O) groups excluding carboxylic acids is 1. The summed E-state index contributed by atoms with van der Waals surface area (Å²) in [5.74, 6) is 0.268. The predicted octanol–water partition coefficient (Wildman–Crippen LogP) is 1.54. The third-order valence-electron chi connectivity index (χ3n) is 2.94. The lowest BCUT2D eigenvalue weighted by Crippen LogP contribution is -2.30. The van der Waals surface area contributed by atoms with Gasteiger partial charge in [-0.2, -0.15) is 0 Å². The number of nitrogens with zero attached hydrogens (tertiary/aromatic N) is 2. The van der Waals surface area contributed by atoms with E-state index in [0.717, 1.165) is 10.9 Å². The Hall–Kier alpha value is -2.14. The maximum Gasteiger partial charge on any atom is 0.254 e. The van der Waals surface area contributed by atoms with Crippen LogP contribution < -0.4 is 5.73 Å². The van der Waals surface area contributed by atoms with Crippen molar-refractivity contribution in [3.8, 4) is 0 Å². The Morgan fingerprint density at radius 3 is 2.89 bits per heavy atom. The van der Waals surface area contributed by atoms with E-state index in [4.69, 9.17) is 10.5 Å². The first kappa shape index (κ1) is 13.3. The van der Waals surface area contributed by atoms with Crippen LogP contribution >= 0.6 is 0 Å². The minimum atomic E-state index is -0.0812. The number of likely N-dealkylation sites (N-methyl/N-ethyl adjacent to an activating group) is 1. The zero-order valence-electron chi connectivity index (χ0n) is 11.1. The van der Waals surface area contributed by atoms with Crippen LogP contribution in [0.2, 0.25) is 0 Å². The number of anilines is 1. The summed E-state index contributed by atoms with van der Waals surface area (Å²) in [6, 6.07) is 9.09. The number of methoxy groups -OCH3 is 1. The maximum atomic E-state index is 12.4. The third kappa shape index (κ3) is 2.82. The molecule has 0 radical (unpaired) electrons. The van der Waals surface area contributed by atoms with E-state index in [1.165, 1.54) is 0 Å². The number of hydrogen-bond donors (Lipinski definition) is 1. The fourth-order valence-corrected chi connectivity index (χ4v) is 1.91. The number of pyridine rings is 1. The van der Waals surface area contributed by atoms with Crippen LogP contribution in [-0.4, -0.2) is 43.1 Å². The zero-order chi connectivity index (χ0) is 13.8. The van der Waals surface area contributed by atoms with E-state index in [1.54, 1.807) is 25.1 Å². The molecule has 0 unspecified atom stereocenters. The number of amides is 1. The van der Waals surface area contributed by atoms with Gasteiger partial charge in [-0.3, -0.25) is 4.79 Å². The second-order valence-electron chi connectivity index (χ2n) is 4.33. The zero-order valence-corrected chi connectivity index (χ0v) is 11.1. The minimum absolute atomic E-state index is 0.0812. The molecule has 5 nitrogen and oxygen atoms in total. The summed E-state index contributed by atoms with van der Waals surface area (Å²) in [5.41, 5.74) is 7.06. The van der Waals surface area contributed by atoms with Gasteiger partial charge in [0.05, 0.1) is 17.7 Å². The number of rotatable bonds is 4. The van der Waals surface area contributed by atoms with Gasteiger partial charge in [-0.25, -0.2) is 4.98 Å². The van der Waals surface area contributed by atoms with Gasteiger partial charge in [-0.1, -0.05) is 18.2 Å². The van der Waals surface area contributed by atoms with E-state index in [9.17, 15) is 4.79 Å². The molecule has 2 N–H and O–H groups in total. The number of carbonyl (C=O) groups is 1. The molecule has 100 valence electrons. The molecule has 0 fully saturated rings. The molecule has 0 atom stereocenters. The number of aromatic nitrogens is 1. The summed E-state index contributed by atoms with van der Waals surface area (Å²) >= 11 is 0. The van der Waals surface area contributed by atoms with Crippen molar-refractivity contribution in [1.82, 2.24) is 9.88 Å². The summed E-state index contributed by atoms with van der Waals surface area (Å²) in [6.45, 7) is 1.03. The van der Waals surface area contributed by atoms with Crippen LogP contribution in [0.15, 0.2) is 30.3 Å². The smallest absolute Gasteiger partial charge is 0.254 e. The average molecular weight is 259 g/mol. The number of nitrogen functional groups attached to an aromatic ring is 1. The Kier molecular flexibility index (Phi) is 3.97. The topological polar surface area (TPSA) is 68.5 Å². The number of fused-ring (bicyclic) bond motifs is 1. The Morgan fingerprint density at radius 2 is 2.16 bits per heavy atom. The van der Waals surface area contributed by atoms with Gasteiger partial charge < -0.3 is 15.4 Å². The van der Waals surface area contributed by atoms with Crippen molar-refractivity contribution in [2.24, 2.45) is 0 Å². The van der Waals surface area contributed by atoms with Gasteiger partial charge in [0.2, 0.25) is 0 Å². The van der Waals surface area contributed by atoms with Crippen molar-refractivity contribution in [2.45, 2.75) is 0 Å². The van der Waals surface area contributed by atoms with Gasteiger partial charge in [0.25, 0.3) is 5.91 Å². The van der Waals surface area contributed by atoms with Crippen LogP contribution in [-0.2, 0) is 4.74 Å². The van der Waals surface area contributed by atoms with Crippen molar-refractivity contribution >= 4 is 22.6 Å². The lowest BCUT2D eigenvalue weighted by molar-refractivity contribution is 0.0746. The van der Waals surface area contributed by atoms with Crippen molar-refractivity contribution < 1.29 is 9.53 Å². The molecule has 5 heteroatoms. The lowest BCUT2D eigenvalue weighted by Gasteiger charge is -2.17. The van der Waals surface area contributed by atoms with Crippen molar-refractivity contribution in [1.29, 1.82) is 0 Å². The third-order valence-corrected chi connectivity index (χ3v) is 2.94. The molecule has 1 aromatic heterocycles. The highest BCUT2D eigenvalue weighted by Gasteiger charge is 2.15. The molecule has 1 aromatic carbocycles. The summed E-state index contributed by atoms with van der Waals surface area (Å²) in [5, 5.41) is 0.811. The quantitative estimate of drug-likeness (QED) is 0.904. The van der Waals surface area contributed by atoms with Crippen molar-refractivity contribution in [3.63, 3.8) is 0 Å². The molecular weight excluding hydrogens is 242 g/mol. The second-order valence-corrected chi connectivity index (χ2v) is 4.33. The van der Waals surface area contributed by atoms with Gasteiger partial charge in [-0.15, -0.1) is 0 Å².